The Morgan fingerprint density at radius 2 is 1.87 bits per heavy atom. The van der Waals surface area contributed by atoms with Crippen molar-refractivity contribution in [2.24, 2.45) is 0 Å². The van der Waals surface area contributed by atoms with E-state index < -0.39 is 25.1 Å². The van der Waals surface area contributed by atoms with E-state index in [1.807, 2.05) is 0 Å². The van der Waals surface area contributed by atoms with Crippen LogP contribution in [-0.4, -0.2) is 55.5 Å². The summed E-state index contributed by atoms with van der Waals surface area (Å²) in [5.74, 6) is -0.493. The third-order valence-electron chi connectivity index (χ3n) is 3.06. The van der Waals surface area contributed by atoms with Gasteiger partial charge in [-0.3, -0.25) is 9.40 Å². The molecule has 8 nitrogen and oxygen atoms in total. The number of alkyl carbamates (subject to hydrolysis) is 1. The van der Waals surface area contributed by atoms with Crippen molar-refractivity contribution in [3.63, 3.8) is 0 Å². The quantitative estimate of drug-likeness (QED) is 0.705. The minimum absolute atomic E-state index is 0.258. The van der Waals surface area contributed by atoms with E-state index in [-0.39, 0.29) is 12.6 Å². The summed E-state index contributed by atoms with van der Waals surface area (Å²) in [4.78, 5) is 17.3. The van der Waals surface area contributed by atoms with Crippen LogP contribution in [0.25, 0.3) is 0 Å². The number of ether oxygens (including phenoxy) is 1. The summed E-state index contributed by atoms with van der Waals surface area (Å²) in [7, 11) is -1.60. The van der Waals surface area contributed by atoms with Crippen LogP contribution in [0.2, 0.25) is 0 Å². The van der Waals surface area contributed by atoms with Gasteiger partial charge in [0.1, 0.15) is 11.4 Å². The highest BCUT2D eigenvalue weighted by molar-refractivity contribution is 7.54. The molecule has 1 rings (SSSR count). The Hall–Kier alpha value is -0.660. The Morgan fingerprint density at radius 1 is 1.30 bits per heavy atom. The van der Waals surface area contributed by atoms with Crippen LogP contribution in [0.15, 0.2) is 0 Å². The second kappa shape index (κ2) is 8.44. The summed E-state index contributed by atoms with van der Waals surface area (Å²) in [5.41, 5.74) is -0.556. The van der Waals surface area contributed by atoms with Gasteiger partial charge >= 0.3 is 13.7 Å². The van der Waals surface area contributed by atoms with Gasteiger partial charge in [-0.05, 0) is 34.6 Å². The van der Waals surface area contributed by atoms with Crippen LogP contribution in [0.5, 0.6) is 0 Å². The van der Waals surface area contributed by atoms with Crippen molar-refractivity contribution >= 4 is 13.7 Å². The number of hydrogen-bond donors (Lipinski definition) is 1. The minimum Gasteiger partial charge on any atom is -0.444 e. The van der Waals surface area contributed by atoms with Crippen molar-refractivity contribution in [3.05, 3.63) is 0 Å². The molecule has 0 spiro atoms. The summed E-state index contributed by atoms with van der Waals surface area (Å²) in [6.07, 6.45) is -0.388. The smallest absolute Gasteiger partial charge is 0.407 e. The maximum absolute atomic E-state index is 12.8. The van der Waals surface area contributed by atoms with Crippen LogP contribution >= 0.6 is 7.60 Å². The lowest BCUT2D eigenvalue weighted by Gasteiger charge is -2.25. The highest BCUT2D eigenvalue weighted by Gasteiger charge is 2.46. The Kier molecular flexibility index (Phi) is 7.48. The van der Waals surface area contributed by atoms with Gasteiger partial charge in [0.05, 0.1) is 19.3 Å². The molecule has 1 saturated heterocycles. The first-order valence-corrected chi connectivity index (χ1v) is 9.47. The third kappa shape index (κ3) is 6.39. The molecule has 0 unspecified atom stereocenters. The van der Waals surface area contributed by atoms with E-state index in [9.17, 15) is 9.36 Å². The number of carbonyl (C=O) groups excluding carboxylic acids is 1. The molecule has 0 aliphatic carbocycles. The van der Waals surface area contributed by atoms with Crippen molar-refractivity contribution < 1.29 is 28.0 Å². The molecular formula is C14H29N2O6P. The fourth-order valence-corrected chi connectivity index (χ4v) is 4.35. The largest absolute Gasteiger partial charge is 0.444 e. The summed E-state index contributed by atoms with van der Waals surface area (Å²) in [5, 5.41) is 4.15. The summed E-state index contributed by atoms with van der Waals surface area (Å²) < 4.78 is 28.7. The number of carbonyl (C=O) groups is 1. The zero-order chi connectivity index (χ0) is 17.7. The Bertz CT molecular complexity index is 429. The van der Waals surface area contributed by atoms with Crippen molar-refractivity contribution in [2.75, 3.05) is 26.8 Å². The zero-order valence-electron chi connectivity index (χ0n) is 14.8. The predicted molar refractivity (Wildman–Crippen MR) is 86.1 cm³/mol. The van der Waals surface area contributed by atoms with Crippen molar-refractivity contribution in [3.8, 4) is 0 Å². The molecule has 0 saturated carbocycles. The summed E-state index contributed by atoms with van der Waals surface area (Å²) in [6.45, 7) is 9.76. The van der Waals surface area contributed by atoms with E-state index in [4.69, 9.17) is 18.6 Å². The van der Waals surface area contributed by atoms with Gasteiger partial charge in [0, 0.05) is 20.0 Å². The Labute approximate surface area is 138 Å². The number of hydrogen-bond acceptors (Lipinski definition) is 7. The topological polar surface area (TPSA) is 86.3 Å². The minimum atomic E-state index is -3.28. The highest BCUT2D eigenvalue weighted by atomic mass is 31.2. The third-order valence-corrected chi connectivity index (χ3v) is 5.57. The van der Waals surface area contributed by atoms with E-state index in [0.29, 0.717) is 19.6 Å². The van der Waals surface area contributed by atoms with Gasteiger partial charge in [-0.15, -0.1) is 0 Å². The lowest BCUT2D eigenvalue weighted by Crippen LogP contribution is -2.37. The molecule has 1 amide bonds. The van der Waals surface area contributed by atoms with E-state index in [1.54, 1.807) is 41.7 Å². The summed E-state index contributed by atoms with van der Waals surface area (Å²) >= 11 is 0. The maximum Gasteiger partial charge on any atom is 0.407 e. The predicted octanol–water partition coefficient (Wildman–Crippen LogP) is 2.74. The Morgan fingerprint density at radius 3 is 2.35 bits per heavy atom. The van der Waals surface area contributed by atoms with Gasteiger partial charge in [-0.2, -0.15) is 5.06 Å². The van der Waals surface area contributed by atoms with E-state index in [1.165, 1.54) is 5.06 Å². The standard InChI is InChI=1S/C14H29N2O6P/c1-7-19-23(18,20-8-2)12-9-11(22-16(12)6)10-15-13(17)21-14(3,4)5/h11-12H,7-10H2,1-6H3,(H,15,17)/t11-,12+/m0/s1. The molecule has 0 aromatic heterocycles. The highest BCUT2D eigenvalue weighted by Crippen LogP contribution is 2.57. The molecular weight excluding hydrogens is 323 g/mol. The van der Waals surface area contributed by atoms with Gasteiger partial charge in [-0.1, -0.05) is 0 Å². The lowest BCUT2D eigenvalue weighted by molar-refractivity contribution is -0.133. The van der Waals surface area contributed by atoms with Crippen molar-refractivity contribution in [2.45, 2.75) is 58.5 Å². The first-order chi connectivity index (χ1) is 10.6. The number of nitrogens with one attached hydrogen (secondary N) is 1. The van der Waals surface area contributed by atoms with Crippen molar-refractivity contribution in [1.82, 2.24) is 10.4 Å². The zero-order valence-corrected chi connectivity index (χ0v) is 15.7. The van der Waals surface area contributed by atoms with Crippen LogP contribution in [-0.2, 0) is 23.2 Å². The van der Waals surface area contributed by atoms with E-state index >= 15 is 0 Å². The van der Waals surface area contributed by atoms with Gasteiger partial charge in [0.2, 0.25) is 0 Å². The van der Waals surface area contributed by atoms with Crippen LogP contribution in [0.1, 0.15) is 41.0 Å². The molecule has 0 aromatic rings. The molecule has 9 heteroatoms. The SMILES string of the molecule is CCOP(=O)(OCC)[C@@H]1C[C@@H](CNC(=O)OC(C)(C)C)ON1C. The summed E-state index contributed by atoms with van der Waals surface area (Å²) in [6, 6.07) is 0. The second-order valence-corrected chi connectivity index (χ2v) is 8.44. The van der Waals surface area contributed by atoms with Gasteiger partial charge in [0.15, 0.2) is 0 Å². The second-order valence-electron chi connectivity index (χ2n) is 6.25. The molecule has 1 aliphatic rings. The molecule has 1 aliphatic heterocycles. The average molecular weight is 352 g/mol. The molecule has 0 aromatic carbocycles. The van der Waals surface area contributed by atoms with Crippen LogP contribution in [0.3, 0.4) is 0 Å². The van der Waals surface area contributed by atoms with Crippen LogP contribution in [0.4, 0.5) is 4.79 Å². The first-order valence-electron chi connectivity index (χ1n) is 7.86. The average Bonchev–Trinajstić information content (AvgIpc) is 2.77. The van der Waals surface area contributed by atoms with E-state index in [0.717, 1.165) is 0 Å². The fourth-order valence-electron chi connectivity index (χ4n) is 2.26. The number of hydroxylamine groups is 2. The monoisotopic (exact) mass is 352 g/mol. The number of nitrogens with zero attached hydrogens (tertiary/aromatic N) is 1. The van der Waals surface area contributed by atoms with Gasteiger partial charge in [0.25, 0.3) is 0 Å². The maximum atomic E-state index is 12.8. The van der Waals surface area contributed by atoms with Crippen LogP contribution < -0.4 is 5.32 Å². The lowest BCUT2D eigenvalue weighted by atomic mass is 10.2. The molecule has 2 atom stereocenters. The molecule has 1 N–H and O–H groups in total. The van der Waals surface area contributed by atoms with Gasteiger partial charge < -0.3 is 19.1 Å². The first kappa shape index (κ1) is 20.4. The Balaban J connectivity index is 2.57. The molecule has 1 fully saturated rings. The fraction of sp³-hybridized carbons (Fsp3) is 0.929. The van der Waals surface area contributed by atoms with Gasteiger partial charge in [-0.25, -0.2) is 4.79 Å². The molecule has 0 bridgehead atoms. The van der Waals surface area contributed by atoms with Crippen LogP contribution in [0, 0.1) is 0 Å². The normalized spacial score (nSPS) is 23.0. The molecule has 136 valence electrons. The molecule has 1 heterocycles. The molecule has 0 radical (unpaired) electrons. The number of amides is 1. The molecule has 23 heavy (non-hydrogen) atoms. The van der Waals surface area contributed by atoms with Crippen molar-refractivity contribution in [1.29, 1.82) is 0 Å². The van der Waals surface area contributed by atoms with E-state index in [2.05, 4.69) is 5.32 Å². The number of rotatable bonds is 7.